The van der Waals surface area contributed by atoms with E-state index in [1.165, 1.54) is 32.1 Å². The number of fused-ring (bicyclic) bond motifs is 1. The van der Waals surface area contributed by atoms with E-state index in [0.29, 0.717) is 0 Å². The van der Waals surface area contributed by atoms with Crippen molar-refractivity contribution < 1.29 is 0 Å². The molecule has 0 saturated heterocycles. The SMILES string of the molecule is C/C=C\C1=C(C)CCC2CCC[C@@H]12. The second kappa shape index (κ2) is 3.69. The molecule has 0 nitrogen and oxygen atoms in total. The van der Waals surface area contributed by atoms with E-state index >= 15 is 0 Å². The highest BCUT2D eigenvalue weighted by Crippen LogP contribution is 2.45. The third-order valence-corrected chi connectivity index (χ3v) is 3.79. The van der Waals surface area contributed by atoms with Crippen molar-refractivity contribution in [1.29, 1.82) is 0 Å². The molecule has 0 heterocycles. The number of hydrogen-bond acceptors (Lipinski definition) is 0. The molecule has 13 heavy (non-hydrogen) atoms. The summed E-state index contributed by atoms with van der Waals surface area (Å²) in [7, 11) is 0. The Hall–Kier alpha value is -0.520. The van der Waals surface area contributed by atoms with Gasteiger partial charge in [-0.1, -0.05) is 24.1 Å². The lowest BCUT2D eigenvalue weighted by Crippen LogP contribution is -2.16. The minimum absolute atomic E-state index is 0.921. The van der Waals surface area contributed by atoms with Crippen molar-refractivity contribution in [2.45, 2.75) is 46.0 Å². The van der Waals surface area contributed by atoms with Crippen LogP contribution >= 0.6 is 0 Å². The molecule has 0 N–H and O–H groups in total. The zero-order valence-corrected chi connectivity index (χ0v) is 8.84. The Morgan fingerprint density at radius 3 is 2.85 bits per heavy atom. The van der Waals surface area contributed by atoms with Gasteiger partial charge < -0.3 is 0 Å². The highest BCUT2D eigenvalue weighted by Gasteiger charge is 2.32. The topological polar surface area (TPSA) is 0 Å². The van der Waals surface area contributed by atoms with Gasteiger partial charge in [-0.05, 0) is 56.9 Å². The molecule has 0 amide bonds. The quantitative estimate of drug-likeness (QED) is 0.564. The maximum Gasteiger partial charge on any atom is -0.0134 e. The lowest BCUT2D eigenvalue weighted by molar-refractivity contribution is 0.389. The maximum absolute atomic E-state index is 2.36. The van der Waals surface area contributed by atoms with Gasteiger partial charge in [0.05, 0.1) is 0 Å². The van der Waals surface area contributed by atoms with Crippen LogP contribution in [0.2, 0.25) is 0 Å². The second-order valence-electron chi connectivity index (χ2n) is 4.57. The Morgan fingerprint density at radius 1 is 1.23 bits per heavy atom. The molecule has 1 unspecified atom stereocenters. The van der Waals surface area contributed by atoms with E-state index in [2.05, 4.69) is 26.0 Å². The zero-order chi connectivity index (χ0) is 9.26. The molecule has 2 aliphatic carbocycles. The van der Waals surface area contributed by atoms with E-state index in [1.54, 1.807) is 11.1 Å². The summed E-state index contributed by atoms with van der Waals surface area (Å²) >= 11 is 0. The minimum Gasteiger partial charge on any atom is -0.0874 e. The van der Waals surface area contributed by atoms with Crippen LogP contribution in [0, 0.1) is 11.8 Å². The second-order valence-corrected chi connectivity index (χ2v) is 4.57. The standard InChI is InChI=1S/C13H20/c1-3-5-12-10(2)8-9-11-6-4-7-13(11)12/h3,5,11,13H,4,6-9H2,1-2H3/b5-3-/t11?,13-/m1/s1. The van der Waals surface area contributed by atoms with Crippen molar-refractivity contribution in [3.8, 4) is 0 Å². The maximum atomic E-state index is 2.36. The summed E-state index contributed by atoms with van der Waals surface area (Å²) in [5.41, 5.74) is 3.33. The molecule has 0 spiro atoms. The first-order valence-corrected chi connectivity index (χ1v) is 5.65. The largest absolute Gasteiger partial charge is 0.0874 e. The van der Waals surface area contributed by atoms with Crippen molar-refractivity contribution >= 4 is 0 Å². The molecule has 0 aliphatic heterocycles. The lowest BCUT2D eigenvalue weighted by Gasteiger charge is -2.28. The summed E-state index contributed by atoms with van der Waals surface area (Å²) < 4.78 is 0. The van der Waals surface area contributed by atoms with Gasteiger partial charge in [0, 0.05) is 0 Å². The Kier molecular flexibility index (Phi) is 2.57. The average Bonchev–Trinajstić information content (AvgIpc) is 2.58. The summed E-state index contributed by atoms with van der Waals surface area (Å²) in [6.07, 6.45) is 11.8. The molecule has 0 bridgehead atoms. The van der Waals surface area contributed by atoms with Crippen LogP contribution in [0.3, 0.4) is 0 Å². The molecular formula is C13H20. The van der Waals surface area contributed by atoms with Gasteiger partial charge in [0.1, 0.15) is 0 Å². The van der Waals surface area contributed by atoms with E-state index in [4.69, 9.17) is 0 Å². The van der Waals surface area contributed by atoms with Gasteiger partial charge >= 0.3 is 0 Å². The van der Waals surface area contributed by atoms with E-state index in [-0.39, 0.29) is 0 Å². The fraction of sp³-hybridized carbons (Fsp3) is 0.692. The van der Waals surface area contributed by atoms with Gasteiger partial charge in [-0.2, -0.15) is 0 Å². The van der Waals surface area contributed by atoms with Crippen LogP contribution < -0.4 is 0 Å². The zero-order valence-electron chi connectivity index (χ0n) is 8.84. The number of hydrogen-bond donors (Lipinski definition) is 0. The third kappa shape index (κ3) is 1.59. The van der Waals surface area contributed by atoms with Crippen molar-refractivity contribution in [3.63, 3.8) is 0 Å². The fourth-order valence-corrected chi connectivity index (χ4v) is 3.10. The Bertz CT molecular complexity index is 245. The third-order valence-electron chi connectivity index (χ3n) is 3.79. The van der Waals surface area contributed by atoms with Gasteiger partial charge in [0.2, 0.25) is 0 Å². The van der Waals surface area contributed by atoms with Gasteiger partial charge in [0.25, 0.3) is 0 Å². The summed E-state index contributed by atoms with van der Waals surface area (Å²) in [5, 5.41) is 0. The molecule has 0 aromatic rings. The molecule has 0 radical (unpaired) electrons. The first kappa shape index (κ1) is 9.05. The molecule has 2 atom stereocenters. The summed E-state index contributed by atoms with van der Waals surface area (Å²) in [5.74, 6) is 1.94. The van der Waals surface area contributed by atoms with Crippen LogP contribution in [-0.4, -0.2) is 0 Å². The minimum atomic E-state index is 0.921. The Labute approximate surface area is 81.7 Å². The summed E-state index contributed by atoms with van der Waals surface area (Å²) in [4.78, 5) is 0. The molecular weight excluding hydrogens is 156 g/mol. The summed E-state index contributed by atoms with van der Waals surface area (Å²) in [6.45, 7) is 4.46. The van der Waals surface area contributed by atoms with E-state index in [1.807, 2.05) is 0 Å². The van der Waals surface area contributed by atoms with Crippen LogP contribution in [0.1, 0.15) is 46.0 Å². The Morgan fingerprint density at radius 2 is 2.08 bits per heavy atom. The average molecular weight is 176 g/mol. The van der Waals surface area contributed by atoms with Crippen molar-refractivity contribution in [2.24, 2.45) is 11.8 Å². The molecule has 0 heteroatoms. The molecule has 1 saturated carbocycles. The molecule has 0 aromatic heterocycles. The first-order chi connectivity index (χ1) is 6.33. The van der Waals surface area contributed by atoms with Crippen LogP contribution in [-0.2, 0) is 0 Å². The summed E-state index contributed by atoms with van der Waals surface area (Å²) in [6, 6.07) is 0. The van der Waals surface area contributed by atoms with Gasteiger partial charge in [-0.25, -0.2) is 0 Å². The lowest BCUT2D eigenvalue weighted by atomic mass is 9.77. The number of allylic oxidation sites excluding steroid dienone is 4. The smallest absolute Gasteiger partial charge is 0.0134 e. The number of rotatable bonds is 1. The Balaban J connectivity index is 2.26. The predicted octanol–water partition coefficient (Wildman–Crippen LogP) is 4.09. The highest BCUT2D eigenvalue weighted by molar-refractivity contribution is 5.30. The molecule has 0 aromatic carbocycles. The van der Waals surface area contributed by atoms with Crippen LogP contribution in [0.5, 0.6) is 0 Å². The monoisotopic (exact) mass is 176 g/mol. The van der Waals surface area contributed by atoms with E-state index in [9.17, 15) is 0 Å². The van der Waals surface area contributed by atoms with Gasteiger partial charge in [0.15, 0.2) is 0 Å². The van der Waals surface area contributed by atoms with Crippen molar-refractivity contribution in [3.05, 3.63) is 23.3 Å². The van der Waals surface area contributed by atoms with E-state index < -0.39 is 0 Å². The van der Waals surface area contributed by atoms with Crippen LogP contribution in [0.25, 0.3) is 0 Å². The van der Waals surface area contributed by atoms with Crippen LogP contribution in [0.15, 0.2) is 23.3 Å². The fourth-order valence-electron chi connectivity index (χ4n) is 3.10. The molecule has 2 aliphatic rings. The first-order valence-electron chi connectivity index (χ1n) is 5.65. The van der Waals surface area contributed by atoms with Gasteiger partial charge in [-0.3, -0.25) is 0 Å². The van der Waals surface area contributed by atoms with Crippen molar-refractivity contribution in [2.75, 3.05) is 0 Å². The van der Waals surface area contributed by atoms with Crippen molar-refractivity contribution in [1.82, 2.24) is 0 Å². The molecule has 1 fully saturated rings. The molecule has 2 rings (SSSR count). The predicted molar refractivity (Wildman–Crippen MR) is 57.6 cm³/mol. The van der Waals surface area contributed by atoms with Crippen LogP contribution in [0.4, 0.5) is 0 Å². The van der Waals surface area contributed by atoms with Gasteiger partial charge in [-0.15, -0.1) is 0 Å². The van der Waals surface area contributed by atoms with E-state index in [0.717, 1.165) is 11.8 Å². The normalized spacial score (nSPS) is 34.3. The highest BCUT2D eigenvalue weighted by atomic mass is 14.4. The molecule has 72 valence electrons.